The largest absolute Gasteiger partial charge is 0.360 e. The van der Waals surface area contributed by atoms with Crippen molar-refractivity contribution in [3.05, 3.63) is 29.8 Å². The molecule has 0 heterocycles. The van der Waals surface area contributed by atoms with Crippen molar-refractivity contribution in [1.29, 1.82) is 0 Å². The van der Waals surface area contributed by atoms with E-state index >= 15 is 0 Å². The lowest BCUT2D eigenvalue weighted by atomic mass is 10.1. The molecule has 1 aromatic carbocycles. The van der Waals surface area contributed by atoms with Crippen LogP contribution in [0.3, 0.4) is 0 Å². The number of benzene rings is 1. The van der Waals surface area contributed by atoms with Crippen molar-refractivity contribution in [2.45, 2.75) is 39.7 Å². The summed E-state index contributed by atoms with van der Waals surface area (Å²) in [6.45, 7) is 6.41. The lowest BCUT2D eigenvalue weighted by molar-refractivity contribution is 0.646. The Morgan fingerprint density at radius 2 is 2.00 bits per heavy atom. The second-order valence-corrected chi connectivity index (χ2v) is 4.33. The van der Waals surface area contributed by atoms with E-state index in [9.17, 15) is 0 Å². The van der Waals surface area contributed by atoms with Crippen LogP contribution in [0.2, 0.25) is 0 Å². The monoisotopic (exact) mass is 236 g/mol. The van der Waals surface area contributed by atoms with Crippen LogP contribution < -0.4 is 10.6 Å². The maximum Gasteiger partial charge on any atom is 0.170 e. The fraction of sp³-hybridized carbons (Fsp3) is 0.462. The summed E-state index contributed by atoms with van der Waals surface area (Å²) in [4.78, 5) is 0. The third-order valence-electron chi connectivity index (χ3n) is 2.64. The molecule has 3 heteroatoms. The van der Waals surface area contributed by atoms with Gasteiger partial charge in [0.1, 0.15) is 0 Å². The molecule has 0 saturated carbocycles. The molecule has 0 spiro atoms. The molecular formula is C13H20N2S. The topological polar surface area (TPSA) is 24.1 Å². The van der Waals surface area contributed by atoms with Crippen molar-refractivity contribution in [2.24, 2.45) is 0 Å². The van der Waals surface area contributed by atoms with Crippen LogP contribution in [0.4, 0.5) is 5.69 Å². The first-order chi connectivity index (χ1) is 7.67. The van der Waals surface area contributed by atoms with Crippen LogP contribution in [0, 0.1) is 0 Å². The van der Waals surface area contributed by atoms with Crippen molar-refractivity contribution in [1.82, 2.24) is 5.32 Å². The molecule has 2 nitrogen and oxygen atoms in total. The number of thiocarbonyl (C=S) groups is 1. The Labute approximate surface area is 103 Å². The number of para-hydroxylation sites is 1. The van der Waals surface area contributed by atoms with Gasteiger partial charge in [0.15, 0.2) is 5.11 Å². The summed E-state index contributed by atoms with van der Waals surface area (Å²) in [6, 6.07) is 8.66. The fourth-order valence-corrected chi connectivity index (χ4v) is 1.75. The predicted octanol–water partition coefficient (Wildman–Crippen LogP) is 3.33. The van der Waals surface area contributed by atoms with Gasteiger partial charge in [-0.15, -0.1) is 0 Å². The van der Waals surface area contributed by atoms with Crippen LogP contribution in [-0.4, -0.2) is 11.2 Å². The lowest BCUT2D eigenvalue weighted by Crippen LogP contribution is -2.35. The fourth-order valence-electron chi connectivity index (χ4n) is 1.43. The summed E-state index contributed by atoms with van der Waals surface area (Å²) in [5.74, 6) is 0. The number of aryl methyl sites for hydroxylation is 1. The molecule has 0 fully saturated rings. The van der Waals surface area contributed by atoms with Gasteiger partial charge in [0.05, 0.1) is 0 Å². The van der Waals surface area contributed by atoms with E-state index in [1.807, 2.05) is 6.07 Å². The molecular weight excluding hydrogens is 216 g/mol. The van der Waals surface area contributed by atoms with Crippen molar-refractivity contribution < 1.29 is 0 Å². The van der Waals surface area contributed by atoms with Crippen LogP contribution in [0.1, 0.15) is 32.8 Å². The molecule has 2 N–H and O–H groups in total. The molecule has 0 unspecified atom stereocenters. The van der Waals surface area contributed by atoms with E-state index in [0.717, 1.165) is 18.5 Å². The van der Waals surface area contributed by atoms with Crippen molar-refractivity contribution in [3.8, 4) is 0 Å². The molecule has 0 radical (unpaired) electrons. The smallest absolute Gasteiger partial charge is 0.170 e. The standard InChI is InChI=1S/C13H20N2S/c1-4-10(3)14-13(16)15-12-9-7-6-8-11(12)5-2/h6-10H,4-5H2,1-3H3,(H2,14,15,16)/t10-/m0/s1. The van der Waals surface area contributed by atoms with Crippen LogP contribution in [0.25, 0.3) is 0 Å². The van der Waals surface area contributed by atoms with E-state index in [-0.39, 0.29) is 0 Å². The molecule has 1 atom stereocenters. The highest BCUT2D eigenvalue weighted by Gasteiger charge is 2.04. The normalized spacial score (nSPS) is 11.9. The van der Waals surface area contributed by atoms with Crippen LogP contribution in [0.15, 0.2) is 24.3 Å². The zero-order chi connectivity index (χ0) is 12.0. The molecule has 88 valence electrons. The number of rotatable bonds is 4. The van der Waals surface area contributed by atoms with E-state index in [2.05, 4.69) is 49.6 Å². The Morgan fingerprint density at radius 1 is 1.31 bits per heavy atom. The van der Waals surface area contributed by atoms with Crippen molar-refractivity contribution >= 4 is 23.0 Å². The molecule has 0 aliphatic rings. The Bertz CT molecular complexity index is 350. The first-order valence-electron chi connectivity index (χ1n) is 5.82. The van der Waals surface area contributed by atoms with Gasteiger partial charge in [-0.3, -0.25) is 0 Å². The summed E-state index contributed by atoms with van der Waals surface area (Å²) in [5.41, 5.74) is 2.39. The van der Waals surface area contributed by atoms with Gasteiger partial charge < -0.3 is 10.6 Å². The average Bonchev–Trinajstić information content (AvgIpc) is 2.29. The van der Waals surface area contributed by atoms with Crippen molar-refractivity contribution in [2.75, 3.05) is 5.32 Å². The zero-order valence-corrected chi connectivity index (χ0v) is 11.0. The second-order valence-electron chi connectivity index (χ2n) is 3.92. The molecule has 16 heavy (non-hydrogen) atoms. The maximum absolute atomic E-state index is 5.26. The minimum atomic E-state index is 0.411. The summed E-state index contributed by atoms with van der Waals surface area (Å²) in [7, 11) is 0. The minimum Gasteiger partial charge on any atom is -0.360 e. The van der Waals surface area contributed by atoms with Gasteiger partial charge in [0, 0.05) is 11.7 Å². The highest BCUT2D eigenvalue weighted by atomic mass is 32.1. The first-order valence-corrected chi connectivity index (χ1v) is 6.23. The summed E-state index contributed by atoms with van der Waals surface area (Å²) in [6.07, 6.45) is 2.08. The van der Waals surface area contributed by atoms with Gasteiger partial charge in [-0.1, -0.05) is 32.0 Å². The summed E-state index contributed by atoms with van der Waals surface area (Å²) >= 11 is 5.26. The Hall–Kier alpha value is -1.09. The summed E-state index contributed by atoms with van der Waals surface area (Å²) in [5, 5.41) is 7.20. The van der Waals surface area contributed by atoms with E-state index in [1.54, 1.807) is 0 Å². The van der Waals surface area contributed by atoms with E-state index < -0.39 is 0 Å². The first kappa shape index (κ1) is 13.0. The quantitative estimate of drug-likeness (QED) is 0.784. The summed E-state index contributed by atoms with van der Waals surface area (Å²) < 4.78 is 0. The Kier molecular flexibility index (Phi) is 5.26. The molecule has 0 amide bonds. The number of anilines is 1. The van der Waals surface area contributed by atoms with Crippen LogP contribution in [-0.2, 0) is 6.42 Å². The van der Waals surface area contributed by atoms with Gasteiger partial charge in [-0.25, -0.2) is 0 Å². The highest BCUT2D eigenvalue weighted by molar-refractivity contribution is 7.80. The zero-order valence-electron chi connectivity index (χ0n) is 10.2. The minimum absolute atomic E-state index is 0.411. The van der Waals surface area contributed by atoms with Crippen molar-refractivity contribution in [3.63, 3.8) is 0 Å². The molecule has 0 saturated heterocycles. The molecule has 0 bridgehead atoms. The second kappa shape index (κ2) is 6.48. The Morgan fingerprint density at radius 3 is 2.62 bits per heavy atom. The SMILES string of the molecule is CCc1ccccc1NC(=S)N[C@@H](C)CC. The Balaban J connectivity index is 2.62. The molecule has 0 aliphatic heterocycles. The van der Waals surface area contributed by atoms with Gasteiger partial charge in [-0.2, -0.15) is 0 Å². The van der Waals surface area contributed by atoms with E-state index in [0.29, 0.717) is 11.2 Å². The van der Waals surface area contributed by atoms with Gasteiger partial charge in [0.2, 0.25) is 0 Å². The average molecular weight is 236 g/mol. The number of hydrogen-bond donors (Lipinski definition) is 2. The lowest BCUT2D eigenvalue weighted by Gasteiger charge is -2.16. The van der Waals surface area contributed by atoms with E-state index in [4.69, 9.17) is 12.2 Å². The third-order valence-corrected chi connectivity index (χ3v) is 2.86. The van der Waals surface area contributed by atoms with Crippen LogP contribution in [0.5, 0.6) is 0 Å². The molecule has 1 rings (SSSR count). The van der Waals surface area contributed by atoms with Gasteiger partial charge in [0.25, 0.3) is 0 Å². The van der Waals surface area contributed by atoms with Gasteiger partial charge >= 0.3 is 0 Å². The van der Waals surface area contributed by atoms with E-state index in [1.165, 1.54) is 5.56 Å². The molecule has 0 aromatic heterocycles. The predicted molar refractivity (Wildman–Crippen MR) is 74.9 cm³/mol. The highest BCUT2D eigenvalue weighted by Crippen LogP contribution is 2.15. The van der Waals surface area contributed by atoms with Crippen LogP contribution >= 0.6 is 12.2 Å². The molecule has 1 aromatic rings. The third kappa shape index (κ3) is 3.81. The maximum atomic E-state index is 5.26. The van der Waals surface area contributed by atoms with Gasteiger partial charge in [-0.05, 0) is 43.6 Å². The molecule has 0 aliphatic carbocycles. The number of hydrogen-bond acceptors (Lipinski definition) is 1. The number of nitrogens with one attached hydrogen (secondary N) is 2.